The minimum Gasteiger partial charge on any atom is -0.393 e. The normalized spacial score (nSPS) is 49.1. The Morgan fingerprint density at radius 2 is 1.55 bits per heavy atom. The summed E-state index contributed by atoms with van der Waals surface area (Å²) in [5.41, 5.74) is 0.903. The highest BCUT2D eigenvalue weighted by Gasteiger charge is 2.62. The quantitative estimate of drug-likeness (QED) is 0.101. The number of allylic oxidation sites excluding steroid dienone is 1. The lowest BCUT2D eigenvalue weighted by atomic mass is 9.47. The van der Waals surface area contributed by atoms with Gasteiger partial charge >= 0.3 is 0 Å². The van der Waals surface area contributed by atoms with Crippen molar-refractivity contribution in [3.63, 3.8) is 0 Å². The number of Topliss-reactive ketones (excluding diaryl/α,β-unsaturated/α-hetero) is 1. The smallest absolute Gasteiger partial charge is 0.216 e. The van der Waals surface area contributed by atoms with Crippen LogP contribution in [0.2, 0.25) is 0 Å². The first-order valence-corrected chi connectivity index (χ1v) is 23.6. The Bertz CT molecular complexity index is 1650. The van der Waals surface area contributed by atoms with E-state index in [1.165, 1.54) is 19.4 Å². The summed E-state index contributed by atoms with van der Waals surface area (Å²) in [6, 6.07) is 0. The van der Waals surface area contributed by atoms with Gasteiger partial charge in [-0.05, 0) is 98.7 Å². The van der Waals surface area contributed by atoms with Gasteiger partial charge in [0.15, 0.2) is 18.9 Å². The van der Waals surface area contributed by atoms with Crippen molar-refractivity contribution < 1.29 is 84.0 Å². The van der Waals surface area contributed by atoms with Crippen LogP contribution in [-0.4, -0.2) is 176 Å². The SMILES string of the molecule is CC(=O)NC[C@H](C)CCC(=O)[C@H](C)[C@@H]1[C@@H](O)C[C@@H]2[C@H]3CC=C4C[C@H](O[C@H]5O[C@@H](CO[C@H]6O[C@@H](C)[C@H](O)[C@@H](O)[C@@H]6O)[C@H](O)[C@@H](O)[C@@H]5O[C@H]5OC[C@H](O)[C@@H](O)[C@@H]5O)CC[C@]4(C)[C@H]3CC[C@@]12C. The third kappa shape index (κ3) is 9.77. The lowest BCUT2D eigenvalue weighted by Crippen LogP contribution is -2.64. The molecule has 3 saturated carbocycles. The largest absolute Gasteiger partial charge is 0.393 e. The molecule has 64 heavy (non-hydrogen) atoms. The van der Waals surface area contributed by atoms with Gasteiger partial charge in [0.05, 0.1) is 31.5 Å². The van der Waals surface area contributed by atoms with Gasteiger partial charge in [0, 0.05) is 25.8 Å². The number of aliphatic hydroxyl groups excluding tert-OH is 9. The van der Waals surface area contributed by atoms with Crippen molar-refractivity contribution in [1.29, 1.82) is 0 Å². The van der Waals surface area contributed by atoms with Gasteiger partial charge in [-0.15, -0.1) is 0 Å². The van der Waals surface area contributed by atoms with Crippen molar-refractivity contribution in [2.24, 2.45) is 46.3 Å². The van der Waals surface area contributed by atoms with Crippen molar-refractivity contribution in [3.8, 4) is 0 Å². The van der Waals surface area contributed by atoms with Crippen LogP contribution < -0.4 is 5.32 Å². The molecule has 3 saturated heterocycles. The molecular formula is C46H75NO17. The Kier molecular flexibility index (Phi) is 15.7. The monoisotopic (exact) mass is 914 g/mol. The molecule has 24 atom stereocenters. The van der Waals surface area contributed by atoms with E-state index in [0.29, 0.717) is 50.5 Å². The average Bonchev–Trinajstić information content (AvgIpc) is 3.53. The second kappa shape index (κ2) is 20.1. The van der Waals surface area contributed by atoms with Crippen LogP contribution in [0.15, 0.2) is 11.6 Å². The van der Waals surface area contributed by atoms with E-state index in [1.807, 2.05) is 13.8 Å². The Labute approximate surface area is 375 Å². The predicted octanol–water partition coefficient (Wildman–Crippen LogP) is -0.206. The summed E-state index contributed by atoms with van der Waals surface area (Å²) in [7, 11) is 0. The molecular weight excluding hydrogens is 838 g/mol. The van der Waals surface area contributed by atoms with Crippen molar-refractivity contribution in [2.75, 3.05) is 19.8 Å². The third-order valence-electron chi connectivity index (χ3n) is 16.7. The molecule has 10 N–H and O–H groups in total. The van der Waals surface area contributed by atoms with E-state index in [2.05, 4.69) is 25.2 Å². The summed E-state index contributed by atoms with van der Waals surface area (Å²) in [6.07, 6.45) is -12.8. The van der Waals surface area contributed by atoms with Gasteiger partial charge in [0.25, 0.3) is 0 Å². The Morgan fingerprint density at radius 1 is 0.828 bits per heavy atom. The van der Waals surface area contributed by atoms with Crippen LogP contribution in [0.3, 0.4) is 0 Å². The summed E-state index contributed by atoms with van der Waals surface area (Å²) in [6.45, 7) is 11.3. The molecule has 0 aromatic carbocycles. The molecule has 0 aromatic heterocycles. The molecule has 366 valence electrons. The summed E-state index contributed by atoms with van der Waals surface area (Å²) in [4.78, 5) is 25.0. The molecule has 3 heterocycles. The zero-order valence-electron chi connectivity index (χ0n) is 38.1. The van der Waals surface area contributed by atoms with Gasteiger partial charge < -0.3 is 79.7 Å². The number of fused-ring (bicyclic) bond motifs is 5. The summed E-state index contributed by atoms with van der Waals surface area (Å²) >= 11 is 0. The molecule has 0 unspecified atom stereocenters. The first-order valence-electron chi connectivity index (χ1n) is 23.6. The zero-order chi connectivity index (χ0) is 46.6. The van der Waals surface area contributed by atoms with Crippen molar-refractivity contribution in [1.82, 2.24) is 5.32 Å². The van der Waals surface area contributed by atoms with Crippen molar-refractivity contribution in [2.45, 2.75) is 198 Å². The van der Waals surface area contributed by atoms with E-state index in [-0.39, 0.29) is 52.8 Å². The van der Waals surface area contributed by atoms with Crippen LogP contribution in [0.1, 0.15) is 99.3 Å². The van der Waals surface area contributed by atoms with Crippen LogP contribution in [-0.2, 0) is 38.0 Å². The number of carbonyl (C=O) groups excluding carboxylic acids is 2. The van der Waals surface area contributed by atoms with Gasteiger partial charge in [-0.3, -0.25) is 9.59 Å². The molecule has 3 aliphatic heterocycles. The fraction of sp³-hybridized carbons (Fsp3) is 0.913. The standard InChI is InChI=1S/C46H75NO17/c1-20(17-47-23(4)48)7-10-29(49)21(2)33-30(50)16-28-26-9-8-24-15-25(11-13-45(24,5)27(26)12-14-46(28,33)6)62-44-41(64-43-39(57)35(53)31(51)18-59-43)38(56)36(54)32(63-44)19-60-42-40(58)37(55)34(52)22(3)61-42/h8,20-22,25-28,30-44,50-58H,7,9-19H2,1-6H3,(H,47,48)/t20-,21+,22+,25-,26+,27+,28-,30+,31+,32+,33-,34+,35-,36+,37-,38-,39+,40+,41+,42+,43-,44+,45+,46-/m1/s1. The van der Waals surface area contributed by atoms with Crippen LogP contribution in [0.4, 0.5) is 0 Å². The number of nitrogens with one attached hydrogen (secondary N) is 1. The van der Waals surface area contributed by atoms with Crippen molar-refractivity contribution in [3.05, 3.63) is 11.6 Å². The van der Waals surface area contributed by atoms with Gasteiger partial charge in [-0.2, -0.15) is 0 Å². The van der Waals surface area contributed by atoms with E-state index in [4.69, 9.17) is 28.4 Å². The van der Waals surface area contributed by atoms with E-state index in [9.17, 15) is 55.5 Å². The fourth-order valence-electron chi connectivity index (χ4n) is 12.8. The second-order valence-electron chi connectivity index (χ2n) is 20.9. The molecule has 18 heteroatoms. The number of carbonyl (C=O) groups is 2. The van der Waals surface area contributed by atoms with E-state index in [1.54, 1.807) is 0 Å². The van der Waals surface area contributed by atoms with Gasteiger partial charge in [0.2, 0.25) is 5.91 Å². The third-order valence-corrected chi connectivity index (χ3v) is 16.7. The molecule has 0 bridgehead atoms. The molecule has 0 aromatic rings. The average molecular weight is 914 g/mol. The Balaban J connectivity index is 1.03. The molecule has 18 nitrogen and oxygen atoms in total. The summed E-state index contributed by atoms with van der Waals surface area (Å²) < 4.78 is 35.7. The van der Waals surface area contributed by atoms with Crippen LogP contribution >= 0.6 is 0 Å². The highest BCUT2D eigenvalue weighted by atomic mass is 16.8. The zero-order valence-corrected chi connectivity index (χ0v) is 38.1. The van der Waals surface area contributed by atoms with Crippen LogP contribution in [0.5, 0.6) is 0 Å². The minimum atomic E-state index is -1.70. The van der Waals surface area contributed by atoms with Crippen LogP contribution in [0, 0.1) is 46.3 Å². The van der Waals surface area contributed by atoms with Crippen LogP contribution in [0.25, 0.3) is 0 Å². The number of aliphatic hydroxyl groups is 9. The maximum absolute atomic E-state index is 13.6. The number of hydrogen-bond acceptors (Lipinski definition) is 17. The minimum absolute atomic E-state index is 0.0872. The molecule has 7 rings (SSSR count). The van der Waals surface area contributed by atoms with Gasteiger partial charge in [-0.1, -0.05) is 39.3 Å². The predicted molar refractivity (Wildman–Crippen MR) is 224 cm³/mol. The maximum Gasteiger partial charge on any atom is 0.216 e. The highest BCUT2D eigenvalue weighted by Crippen LogP contribution is 2.67. The molecule has 1 amide bonds. The first kappa shape index (κ1) is 50.2. The summed E-state index contributed by atoms with van der Waals surface area (Å²) in [5.74, 6) is 0.763. The Hall–Kier alpha value is -1.72. The van der Waals surface area contributed by atoms with Gasteiger partial charge in [0.1, 0.15) is 66.8 Å². The lowest BCUT2D eigenvalue weighted by molar-refractivity contribution is -0.368. The summed E-state index contributed by atoms with van der Waals surface area (Å²) in [5, 5.41) is 99.4. The first-order chi connectivity index (χ1) is 30.2. The molecule has 7 aliphatic rings. The fourth-order valence-corrected chi connectivity index (χ4v) is 12.8. The van der Waals surface area contributed by atoms with E-state index < -0.39 is 105 Å². The number of amides is 1. The molecule has 4 aliphatic carbocycles. The number of rotatable bonds is 14. The lowest BCUT2D eigenvalue weighted by Gasteiger charge is -2.58. The maximum atomic E-state index is 13.6. The topological polar surface area (TPSA) is 284 Å². The highest BCUT2D eigenvalue weighted by molar-refractivity contribution is 5.81. The molecule has 6 fully saturated rings. The molecule has 0 spiro atoms. The van der Waals surface area contributed by atoms with E-state index in [0.717, 1.165) is 25.7 Å². The van der Waals surface area contributed by atoms with Crippen molar-refractivity contribution >= 4 is 11.7 Å². The second-order valence-corrected chi connectivity index (χ2v) is 20.9. The number of hydrogen-bond donors (Lipinski definition) is 10. The number of ether oxygens (including phenoxy) is 6. The van der Waals surface area contributed by atoms with E-state index >= 15 is 0 Å². The van der Waals surface area contributed by atoms with Gasteiger partial charge in [-0.25, -0.2) is 0 Å². The Morgan fingerprint density at radius 3 is 2.27 bits per heavy atom. The number of ketones is 1. The molecule has 0 radical (unpaired) electrons.